The molecule has 22 heavy (non-hydrogen) atoms. The van der Waals surface area contributed by atoms with E-state index < -0.39 is 0 Å². The van der Waals surface area contributed by atoms with Gasteiger partial charge in [0.25, 0.3) is 5.91 Å². The molecule has 2 rings (SSSR count). The highest BCUT2D eigenvalue weighted by atomic mass is 35.5. The maximum absolute atomic E-state index is 12.0. The molecule has 0 atom stereocenters. The number of carbonyl (C=O) groups is 2. The van der Waals surface area contributed by atoms with Gasteiger partial charge in [-0.1, -0.05) is 29.8 Å². The fraction of sp³-hybridized carbons (Fsp3) is 0.176. The lowest BCUT2D eigenvalue weighted by molar-refractivity contribution is -0.115. The summed E-state index contributed by atoms with van der Waals surface area (Å²) in [7, 11) is 0. The first-order chi connectivity index (χ1) is 10.5. The van der Waals surface area contributed by atoms with Crippen LogP contribution in [0.1, 0.15) is 21.5 Å². The molecule has 2 aromatic rings. The quantitative estimate of drug-likeness (QED) is 0.909. The van der Waals surface area contributed by atoms with Crippen LogP contribution in [0.4, 0.5) is 5.69 Å². The second-order valence-electron chi connectivity index (χ2n) is 5.01. The SMILES string of the molecule is Cc1cc(Cl)ccc1NC(=O)CNC(=O)c1ccccc1C. The molecule has 2 N–H and O–H groups in total. The summed E-state index contributed by atoms with van der Waals surface area (Å²) >= 11 is 5.87. The maximum atomic E-state index is 12.0. The van der Waals surface area contributed by atoms with Gasteiger partial charge in [0, 0.05) is 16.3 Å². The highest BCUT2D eigenvalue weighted by molar-refractivity contribution is 6.30. The van der Waals surface area contributed by atoms with E-state index in [0.29, 0.717) is 16.3 Å². The lowest BCUT2D eigenvalue weighted by Crippen LogP contribution is -2.33. The zero-order chi connectivity index (χ0) is 16.1. The zero-order valence-electron chi connectivity index (χ0n) is 12.4. The Balaban J connectivity index is 1.93. The minimum Gasteiger partial charge on any atom is -0.343 e. The molecule has 2 aromatic carbocycles. The van der Waals surface area contributed by atoms with Crippen molar-refractivity contribution in [3.63, 3.8) is 0 Å². The van der Waals surface area contributed by atoms with E-state index in [2.05, 4.69) is 10.6 Å². The number of hydrogen-bond donors (Lipinski definition) is 2. The van der Waals surface area contributed by atoms with Gasteiger partial charge in [-0.2, -0.15) is 0 Å². The molecule has 0 aromatic heterocycles. The summed E-state index contributed by atoms with van der Waals surface area (Å²) in [5, 5.41) is 5.97. The molecular weight excluding hydrogens is 300 g/mol. The predicted molar refractivity (Wildman–Crippen MR) is 88.3 cm³/mol. The van der Waals surface area contributed by atoms with Crippen LogP contribution in [0, 0.1) is 13.8 Å². The molecular formula is C17H17ClN2O2. The van der Waals surface area contributed by atoms with Gasteiger partial charge >= 0.3 is 0 Å². The van der Waals surface area contributed by atoms with Crippen LogP contribution >= 0.6 is 11.6 Å². The molecule has 0 radical (unpaired) electrons. The summed E-state index contributed by atoms with van der Waals surface area (Å²) in [6.07, 6.45) is 0. The third-order valence-electron chi connectivity index (χ3n) is 3.26. The smallest absolute Gasteiger partial charge is 0.251 e. The van der Waals surface area contributed by atoms with Gasteiger partial charge in [0.2, 0.25) is 5.91 Å². The summed E-state index contributed by atoms with van der Waals surface area (Å²) < 4.78 is 0. The number of halogens is 1. The van der Waals surface area contributed by atoms with Gasteiger partial charge in [-0.05, 0) is 49.2 Å². The van der Waals surface area contributed by atoms with Crippen LogP contribution in [0.3, 0.4) is 0 Å². The molecule has 0 unspecified atom stereocenters. The van der Waals surface area contributed by atoms with Crippen LogP contribution in [0.2, 0.25) is 5.02 Å². The number of hydrogen-bond acceptors (Lipinski definition) is 2. The molecule has 4 nitrogen and oxygen atoms in total. The Labute approximate surface area is 134 Å². The van der Waals surface area contributed by atoms with Crippen molar-refractivity contribution in [1.29, 1.82) is 0 Å². The van der Waals surface area contributed by atoms with Gasteiger partial charge in [-0.3, -0.25) is 9.59 Å². The molecule has 0 bridgehead atoms. The van der Waals surface area contributed by atoms with Crippen molar-refractivity contribution in [2.75, 3.05) is 11.9 Å². The predicted octanol–water partition coefficient (Wildman–Crippen LogP) is 3.33. The van der Waals surface area contributed by atoms with Crippen molar-refractivity contribution in [1.82, 2.24) is 5.32 Å². The number of anilines is 1. The maximum Gasteiger partial charge on any atom is 0.251 e. The van der Waals surface area contributed by atoms with Crippen LogP contribution in [0.5, 0.6) is 0 Å². The number of amides is 2. The van der Waals surface area contributed by atoms with Crippen LogP contribution < -0.4 is 10.6 Å². The number of aryl methyl sites for hydroxylation is 2. The summed E-state index contributed by atoms with van der Waals surface area (Å²) in [5.74, 6) is -0.548. The lowest BCUT2D eigenvalue weighted by Gasteiger charge is -2.10. The Morgan fingerprint density at radius 3 is 2.45 bits per heavy atom. The van der Waals surface area contributed by atoms with Gasteiger partial charge < -0.3 is 10.6 Å². The van der Waals surface area contributed by atoms with Crippen LogP contribution in [-0.4, -0.2) is 18.4 Å². The highest BCUT2D eigenvalue weighted by Gasteiger charge is 2.10. The first-order valence-electron chi connectivity index (χ1n) is 6.87. The Morgan fingerprint density at radius 2 is 1.77 bits per heavy atom. The molecule has 0 aliphatic heterocycles. The second kappa shape index (κ2) is 7.09. The molecule has 0 fully saturated rings. The molecule has 0 spiro atoms. The average molecular weight is 317 g/mol. The van der Waals surface area contributed by atoms with E-state index in [0.717, 1.165) is 11.1 Å². The van der Waals surface area contributed by atoms with Crippen molar-refractivity contribution < 1.29 is 9.59 Å². The molecule has 0 saturated heterocycles. The van der Waals surface area contributed by atoms with Gasteiger partial charge in [0.05, 0.1) is 6.54 Å². The first kappa shape index (κ1) is 16.0. The standard InChI is InChI=1S/C17H17ClN2O2/c1-11-5-3-4-6-14(11)17(22)19-10-16(21)20-15-8-7-13(18)9-12(15)2/h3-9H,10H2,1-2H3,(H,19,22)(H,20,21). The second-order valence-corrected chi connectivity index (χ2v) is 5.44. The van der Waals surface area contributed by atoms with Crippen LogP contribution in [-0.2, 0) is 4.79 Å². The van der Waals surface area contributed by atoms with Gasteiger partial charge in [0.1, 0.15) is 0 Å². The third-order valence-corrected chi connectivity index (χ3v) is 3.50. The van der Waals surface area contributed by atoms with Crippen molar-refractivity contribution in [3.05, 3.63) is 64.2 Å². The molecule has 0 aliphatic rings. The van der Waals surface area contributed by atoms with Crippen molar-refractivity contribution in [2.45, 2.75) is 13.8 Å². The van der Waals surface area contributed by atoms with E-state index in [1.807, 2.05) is 26.0 Å². The van der Waals surface area contributed by atoms with Crippen LogP contribution in [0.15, 0.2) is 42.5 Å². The molecule has 2 amide bonds. The average Bonchev–Trinajstić information content (AvgIpc) is 2.48. The highest BCUT2D eigenvalue weighted by Crippen LogP contribution is 2.19. The van der Waals surface area contributed by atoms with E-state index in [1.165, 1.54) is 0 Å². The van der Waals surface area contributed by atoms with E-state index in [1.54, 1.807) is 30.3 Å². The third kappa shape index (κ3) is 4.09. The number of carbonyl (C=O) groups excluding carboxylic acids is 2. The Hall–Kier alpha value is -2.33. The van der Waals surface area contributed by atoms with Crippen molar-refractivity contribution in [3.8, 4) is 0 Å². The fourth-order valence-corrected chi connectivity index (χ4v) is 2.27. The van der Waals surface area contributed by atoms with Crippen molar-refractivity contribution >= 4 is 29.1 Å². The lowest BCUT2D eigenvalue weighted by atomic mass is 10.1. The molecule has 0 heterocycles. The number of rotatable bonds is 4. The first-order valence-corrected chi connectivity index (χ1v) is 7.25. The Bertz CT molecular complexity index is 714. The summed E-state index contributed by atoms with van der Waals surface area (Å²) in [5.41, 5.74) is 2.98. The van der Waals surface area contributed by atoms with Gasteiger partial charge in [0.15, 0.2) is 0 Å². The Morgan fingerprint density at radius 1 is 1.05 bits per heavy atom. The fourth-order valence-electron chi connectivity index (χ4n) is 2.05. The Kier molecular flexibility index (Phi) is 5.17. The van der Waals surface area contributed by atoms with E-state index in [-0.39, 0.29) is 18.4 Å². The number of nitrogens with one attached hydrogen (secondary N) is 2. The summed E-state index contributed by atoms with van der Waals surface area (Å²) in [4.78, 5) is 23.9. The molecule has 114 valence electrons. The zero-order valence-corrected chi connectivity index (χ0v) is 13.2. The molecule has 0 saturated carbocycles. The van der Waals surface area contributed by atoms with Crippen molar-refractivity contribution in [2.24, 2.45) is 0 Å². The van der Waals surface area contributed by atoms with Crippen LogP contribution in [0.25, 0.3) is 0 Å². The van der Waals surface area contributed by atoms with Gasteiger partial charge in [-0.15, -0.1) is 0 Å². The minimum atomic E-state index is -0.285. The topological polar surface area (TPSA) is 58.2 Å². The largest absolute Gasteiger partial charge is 0.343 e. The summed E-state index contributed by atoms with van der Waals surface area (Å²) in [6, 6.07) is 12.4. The summed E-state index contributed by atoms with van der Waals surface area (Å²) in [6.45, 7) is 3.62. The monoisotopic (exact) mass is 316 g/mol. The van der Waals surface area contributed by atoms with E-state index in [9.17, 15) is 9.59 Å². The number of benzene rings is 2. The minimum absolute atomic E-state index is 0.0881. The van der Waals surface area contributed by atoms with Gasteiger partial charge in [-0.25, -0.2) is 0 Å². The van der Waals surface area contributed by atoms with E-state index in [4.69, 9.17) is 11.6 Å². The van der Waals surface area contributed by atoms with E-state index >= 15 is 0 Å². The molecule has 5 heteroatoms. The molecule has 0 aliphatic carbocycles. The normalized spacial score (nSPS) is 10.1.